The summed E-state index contributed by atoms with van der Waals surface area (Å²) >= 11 is 0. The van der Waals surface area contributed by atoms with Crippen LogP contribution in [-0.4, -0.2) is 29.9 Å². The summed E-state index contributed by atoms with van der Waals surface area (Å²) in [6.45, 7) is 2.20. The maximum atomic E-state index is 4.89. The van der Waals surface area contributed by atoms with Gasteiger partial charge in [0.05, 0.1) is 12.1 Å². The van der Waals surface area contributed by atoms with Crippen molar-refractivity contribution < 1.29 is 0 Å². The van der Waals surface area contributed by atoms with E-state index in [4.69, 9.17) is 4.99 Å². The molecule has 0 aromatic carbocycles. The van der Waals surface area contributed by atoms with Crippen LogP contribution in [0, 0.1) is 5.92 Å². The molecule has 0 aromatic heterocycles. The van der Waals surface area contributed by atoms with E-state index in [-0.39, 0.29) is 0 Å². The highest BCUT2D eigenvalue weighted by molar-refractivity contribution is 5.89. The summed E-state index contributed by atoms with van der Waals surface area (Å²) in [6, 6.07) is 0.758. The van der Waals surface area contributed by atoms with E-state index in [2.05, 4.69) is 61.4 Å². The van der Waals surface area contributed by atoms with Gasteiger partial charge in [0.15, 0.2) is 0 Å². The van der Waals surface area contributed by atoms with E-state index in [0.29, 0.717) is 18.0 Å². The maximum Gasteiger partial charge on any atom is 0.107 e. The van der Waals surface area contributed by atoms with Crippen molar-refractivity contribution in [2.75, 3.05) is 7.05 Å². The quantitative estimate of drug-likeness (QED) is 0.671. The number of hydrogen-bond acceptors (Lipinski definition) is 2. The summed E-state index contributed by atoms with van der Waals surface area (Å²) in [5.74, 6) is 1.69. The van der Waals surface area contributed by atoms with Gasteiger partial charge in [-0.25, -0.2) is 0 Å². The molecule has 2 unspecified atom stereocenters. The molecule has 0 N–H and O–H groups in total. The zero-order valence-electron chi connectivity index (χ0n) is 10.4. The third kappa shape index (κ3) is 1.68. The number of nitrogens with zero attached hydrogens (tertiary/aromatic N) is 2. The molecule has 0 saturated heterocycles. The highest BCUT2D eigenvalue weighted by atomic mass is 15.3. The normalized spacial score (nSPS) is 34.7. The Balaban J connectivity index is 1.88. The molecule has 2 nitrogen and oxygen atoms in total. The van der Waals surface area contributed by atoms with E-state index < -0.39 is 0 Å². The van der Waals surface area contributed by atoms with Crippen LogP contribution in [-0.2, 0) is 0 Å². The first kappa shape index (κ1) is 10.6. The Hall–Kier alpha value is -1.57. The fourth-order valence-corrected chi connectivity index (χ4v) is 2.96. The molecular weight excluding hydrogens is 208 g/mol. The van der Waals surface area contributed by atoms with Gasteiger partial charge in [-0.15, -0.1) is 0 Å². The monoisotopic (exact) mass is 226 g/mol. The number of allylic oxidation sites excluding steroid dienone is 5. The highest BCUT2D eigenvalue weighted by Crippen LogP contribution is 2.30. The number of rotatable bonds is 1. The van der Waals surface area contributed by atoms with Gasteiger partial charge in [-0.3, -0.25) is 4.99 Å². The molecule has 17 heavy (non-hydrogen) atoms. The van der Waals surface area contributed by atoms with Gasteiger partial charge in [0.25, 0.3) is 0 Å². The van der Waals surface area contributed by atoms with Gasteiger partial charge in [0.2, 0.25) is 0 Å². The Kier molecular flexibility index (Phi) is 2.50. The van der Waals surface area contributed by atoms with Crippen molar-refractivity contribution in [1.82, 2.24) is 4.90 Å². The minimum Gasteiger partial charge on any atom is -0.354 e. The summed E-state index contributed by atoms with van der Waals surface area (Å²) in [4.78, 5) is 7.25. The molecule has 0 spiro atoms. The lowest BCUT2D eigenvalue weighted by molar-refractivity contribution is 0.407. The largest absolute Gasteiger partial charge is 0.354 e. The molecule has 3 atom stereocenters. The van der Waals surface area contributed by atoms with E-state index in [1.165, 1.54) is 11.4 Å². The van der Waals surface area contributed by atoms with Crippen LogP contribution in [0.3, 0.4) is 0 Å². The minimum atomic E-state index is 0.319. The Labute approximate surface area is 103 Å². The van der Waals surface area contributed by atoms with E-state index in [0.717, 1.165) is 6.42 Å². The molecule has 3 aliphatic rings. The van der Waals surface area contributed by atoms with Crippen molar-refractivity contribution in [2.24, 2.45) is 10.9 Å². The molecule has 0 aromatic rings. The van der Waals surface area contributed by atoms with Crippen molar-refractivity contribution in [3.63, 3.8) is 0 Å². The van der Waals surface area contributed by atoms with Crippen molar-refractivity contribution >= 4 is 5.84 Å². The topological polar surface area (TPSA) is 15.6 Å². The standard InChI is InChI=1S/C15H18N2/c1-11-7-6-10-13-14(11)17(2)15(16-13)12-8-4-3-5-9-12/h3-8,10,12-14H,9H2,1-2H3/t12-,13?,14?/m0/s1. The van der Waals surface area contributed by atoms with E-state index in [1.807, 2.05) is 0 Å². The molecule has 2 heteroatoms. The van der Waals surface area contributed by atoms with Crippen LogP contribution in [0.5, 0.6) is 0 Å². The molecule has 1 aliphatic heterocycles. The van der Waals surface area contributed by atoms with Crippen molar-refractivity contribution in [1.29, 1.82) is 0 Å². The molecule has 1 heterocycles. The predicted molar refractivity (Wildman–Crippen MR) is 72.1 cm³/mol. The molecule has 0 bridgehead atoms. The Morgan fingerprint density at radius 3 is 2.82 bits per heavy atom. The smallest absolute Gasteiger partial charge is 0.107 e. The van der Waals surface area contributed by atoms with Crippen LogP contribution < -0.4 is 0 Å². The zero-order chi connectivity index (χ0) is 11.8. The summed E-state index contributed by atoms with van der Waals surface area (Å²) in [5.41, 5.74) is 1.41. The highest BCUT2D eigenvalue weighted by Gasteiger charge is 2.36. The van der Waals surface area contributed by atoms with Crippen LogP contribution in [0.2, 0.25) is 0 Å². The third-order valence-corrected chi connectivity index (χ3v) is 3.83. The van der Waals surface area contributed by atoms with Crippen molar-refractivity contribution in [3.05, 3.63) is 48.1 Å². The number of likely N-dealkylation sites (N-methyl/N-ethyl adjacent to an activating group) is 1. The molecule has 0 amide bonds. The molecule has 3 rings (SSSR count). The predicted octanol–water partition coefficient (Wildman–Crippen LogP) is 2.72. The van der Waals surface area contributed by atoms with Gasteiger partial charge < -0.3 is 4.90 Å². The summed E-state index contributed by atoms with van der Waals surface area (Å²) in [6.07, 6.45) is 16.3. The first-order valence-electron chi connectivity index (χ1n) is 6.26. The molecule has 88 valence electrons. The third-order valence-electron chi connectivity index (χ3n) is 3.83. The Bertz CT molecular complexity index is 465. The van der Waals surface area contributed by atoms with Gasteiger partial charge in [-0.1, -0.05) is 42.5 Å². The summed E-state index contributed by atoms with van der Waals surface area (Å²) < 4.78 is 0. The number of amidine groups is 1. The molecule has 0 fully saturated rings. The second-order valence-corrected chi connectivity index (χ2v) is 4.98. The van der Waals surface area contributed by atoms with Crippen molar-refractivity contribution in [2.45, 2.75) is 25.4 Å². The van der Waals surface area contributed by atoms with Crippen LogP contribution >= 0.6 is 0 Å². The molecule has 0 saturated carbocycles. The lowest BCUT2D eigenvalue weighted by atomic mass is 9.95. The molecule has 0 radical (unpaired) electrons. The van der Waals surface area contributed by atoms with Crippen LogP contribution in [0.1, 0.15) is 13.3 Å². The average Bonchev–Trinajstić information content (AvgIpc) is 2.69. The van der Waals surface area contributed by atoms with Gasteiger partial charge >= 0.3 is 0 Å². The second kappa shape index (κ2) is 4.02. The first-order chi connectivity index (χ1) is 8.27. The SMILES string of the molecule is CC1=CC=CC2N=C([C@H]3C=CC=CC3)N(C)C12. The zero-order valence-corrected chi connectivity index (χ0v) is 10.4. The Morgan fingerprint density at radius 1 is 1.24 bits per heavy atom. The minimum absolute atomic E-state index is 0.319. The maximum absolute atomic E-state index is 4.89. The number of aliphatic imine (C=N–C) groups is 1. The lowest BCUT2D eigenvalue weighted by Gasteiger charge is -2.30. The van der Waals surface area contributed by atoms with E-state index >= 15 is 0 Å². The fourth-order valence-electron chi connectivity index (χ4n) is 2.96. The summed E-state index contributed by atoms with van der Waals surface area (Å²) in [5, 5.41) is 0. The number of fused-ring (bicyclic) bond motifs is 1. The summed E-state index contributed by atoms with van der Waals surface area (Å²) in [7, 11) is 2.17. The average molecular weight is 226 g/mol. The van der Waals surface area contributed by atoms with Crippen molar-refractivity contribution in [3.8, 4) is 0 Å². The molecular formula is C15H18N2. The van der Waals surface area contributed by atoms with E-state index in [1.54, 1.807) is 0 Å². The van der Waals surface area contributed by atoms with Crippen LogP contribution in [0.15, 0.2) is 53.1 Å². The van der Waals surface area contributed by atoms with Gasteiger partial charge in [0.1, 0.15) is 5.84 Å². The second-order valence-electron chi connectivity index (χ2n) is 4.98. The number of hydrogen-bond donors (Lipinski definition) is 0. The lowest BCUT2D eigenvalue weighted by Crippen LogP contribution is -2.40. The van der Waals surface area contributed by atoms with Gasteiger partial charge in [-0.05, 0) is 18.9 Å². The fraction of sp³-hybridized carbons (Fsp3) is 0.400. The van der Waals surface area contributed by atoms with Crippen LogP contribution in [0.4, 0.5) is 0 Å². The Morgan fingerprint density at radius 2 is 2.12 bits per heavy atom. The van der Waals surface area contributed by atoms with Gasteiger partial charge in [-0.2, -0.15) is 0 Å². The van der Waals surface area contributed by atoms with Gasteiger partial charge in [0, 0.05) is 13.0 Å². The van der Waals surface area contributed by atoms with Crippen LogP contribution in [0.25, 0.3) is 0 Å². The first-order valence-corrected chi connectivity index (χ1v) is 6.26. The molecule has 2 aliphatic carbocycles. The van der Waals surface area contributed by atoms with E-state index in [9.17, 15) is 0 Å².